The molecular weight excluding hydrogens is 313 g/mol. The maximum absolute atomic E-state index is 13.3. The third-order valence-electron chi connectivity index (χ3n) is 3.80. The topological polar surface area (TPSA) is 71.7 Å². The predicted molar refractivity (Wildman–Crippen MR) is 85.8 cm³/mol. The highest BCUT2D eigenvalue weighted by atomic mass is 19.1. The predicted octanol–water partition coefficient (Wildman–Crippen LogP) is 2.82. The van der Waals surface area contributed by atoms with Gasteiger partial charge in [0.15, 0.2) is 0 Å². The van der Waals surface area contributed by atoms with Crippen LogP contribution in [0, 0.1) is 5.82 Å². The van der Waals surface area contributed by atoms with Gasteiger partial charge in [-0.05, 0) is 43.3 Å². The number of aliphatic hydroxyl groups is 1. The number of aliphatic hydroxyl groups excluding tert-OH is 1. The van der Waals surface area contributed by atoms with E-state index in [0.717, 1.165) is 0 Å². The van der Waals surface area contributed by atoms with Gasteiger partial charge in [-0.1, -0.05) is 0 Å². The molecule has 1 aliphatic heterocycles. The first kappa shape index (κ1) is 16.3. The molecule has 1 aromatic heterocycles. The van der Waals surface area contributed by atoms with Gasteiger partial charge in [0.1, 0.15) is 30.0 Å². The Bertz CT molecular complexity index is 754. The Hall–Kier alpha value is -2.60. The van der Waals surface area contributed by atoms with Gasteiger partial charge in [0.05, 0.1) is 11.8 Å². The number of benzene rings is 1. The molecule has 5 nitrogen and oxygen atoms in total. The van der Waals surface area contributed by atoms with Crippen LogP contribution in [0.1, 0.15) is 30.8 Å². The van der Waals surface area contributed by atoms with Crippen LogP contribution in [-0.4, -0.2) is 23.7 Å². The van der Waals surface area contributed by atoms with Gasteiger partial charge in [0.2, 0.25) is 0 Å². The average Bonchev–Trinajstić information content (AvgIpc) is 3.08. The van der Waals surface area contributed by atoms with Gasteiger partial charge in [0, 0.05) is 18.0 Å². The van der Waals surface area contributed by atoms with Crippen LogP contribution >= 0.6 is 0 Å². The third-order valence-corrected chi connectivity index (χ3v) is 3.80. The van der Waals surface area contributed by atoms with Crippen molar-refractivity contribution < 1.29 is 23.4 Å². The van der Waals surface area contributed by atoms with Crippen LogP contribution in [0.5, 0.6) is 5.75 Å². The Morgan fingerprint density at radius 2 is 2.25 bits per heavy atom. The van der Waals surface area contributed by atoms with Crippen molar-refractivity contribution >= 4 is 12.0 Å². The highest BCUT2D eigenvalue weighted by molar-refractivity contribution is 5.99. The molecule has 2 aromatic rings. The minimum Gasteiger partial charge on any atom is -0.488 e. The smallest absolute Gasteiger partial charge is 0.250 e. The molecule has 0 fully saturated rings. The van der Waals surface area contributed by atoms with E-state index in [0.29, 0.717) is 29.1 Å². The first-order valence-corrected chi connectivity index (χ1v) is 7.68. The number of carbonyl (C=O) groups excluding carboxylic acids is 1. The number of nitrogens with one attached hydrogen (secondary N) is 1. The highest BCUT2D eigenvalue weighted by Crippen LogP contribution is 2.27. The largest absolute Gasteiger partial charge is 0.488 e. The van der Waals surface area contributed by atoms with E-state index in [1.165, 1.54) is 24.5 Å². The van der Waals surface area contributed by atoms with Gasteiger partial charge in [-0.2, -0.15) is 0 Å². The maximum Gasteiger partial charge on any atom is 0.250 e. The van der Waals surface area contributed by atoms with Crippen molar-refractivity contribution in [1.29, 1.82) is 0 Å². The number of carbonyl (C=O) groups is 1. The van der Waals surface area contributed by atoms with Crippen molar-refractivity contribution in [3.8, 4) is 5.75 Å². The first-order chi connectivity index (χ1) is 11.5. The maximum atomic E-state index is 13.3. The molecule has 1 aliphatic rings. The zero-order valence-corrected chi connectivity index (χ0v) is 13.2. The molecule has 0 aliphatic carbocycles. The molecule has 2 unspecified atom stereocenters. The number of amides is 1. The summed E-state index contributed by atoms with van der Waals surface area (Å²) in [7, 11) is 0. The summed E-state index contributed by atoms with van der Waals surface area (Å²) in [6, 6.07) is 7.29. The number of rotatable bonds is 5. The molecule has 2 atom stereocenters. The Morgan fingerprint density at radius 1 is 1.42 bits per heavy atom. The molecule has 0 saturated carbocycles. The number of hydrogen-bond donors (Lipinski definition) is 2. The number of fused-ring (bicyclic) bond motifs is 1. The van der Waals surface area contributed by atoms with E-state index < -0.39 is 6.10 Å². The SMILES string of the molecule is CC(CC(O)c1ccco1)NC(=O)C1=Cc2cc(F)ccc2OC1. The Morgan fingerprint density at radius 3 is 3.00 bits per heavy atom. The first-order valence-electron chi connectivity index (χ1n) is 7.68. The lowest BCUT2D eigenvalue weighted by Gasteiger charge is -2.21. The lowest BCUT2D eigenvalue weighted by molar-refractivity contribution is -0.118. The van der Waals surface area contributed by atoms with Gasteiger partial charge < -0.3 is 19.6 Å². The molecule has 1 aromatic carbocycles. The zero-order valence-electron chi connectivity index (χ0n) is 13.2. The lowest BCUT2D eigenvalue weighted by Crippen LogP contribution is -2.36. The quantitative estimate of drug-likeness (QED) is 0.884. The summed E-state index contributed by atoms with van der Waals surface area (Å²) in [5.41, 5.74) is 0.946. The monoisotopic (exact) mass is 331 g/mol. The summed E-state index contributed by atoms with van der Waals surface area (Å²) in [5, 5.41) is 12.8. The number of hydrogen-bond acceptors (Lipinski definition) is 4. The number of furan rings is 1. The normalized spacial score (nSPS) is 15.7. The van der Waals surface area contributed by atoms with Gasteiger partial charge in [0.25, 0.3) is 5.91 Å². The fourth-order valence-electron chi connectivity index (χ4n) is 2.59. The van der Waals surface area contributed by atoms with Gasteiger partial charge in [-0.3, -0.25) is 4.79 Å². The molecule has 3 rings (SSSR count). The highest BCUT2D eigenvalue weighted by Gasteiger charge is 2.21. The third kappa shape index (κ3) is 3.65. The van der Waals surface area contributed by atoms with Crippen LogP contribution < -0.4 is 10.1 Å². The van der Waals surface area contributed by atoms with Crippen LogP contribution in [0.25, 0.3) is 6.08 Å². The zero-order chi connectivity index (χ0) is 17.1. The molecular formula is C18H18FNO4. The van der Waals surface area contributed by atoms with Gasteiger partial charge in [-0.25, -0.2) is 4.39 Å². The van der Waals surface area contributed by atoms with Crippen LogP contribution in [0.15, 0.2) is 46.6 Å². The minimum absolute atomic E-state index is 0.123. The summed E-state index contributed by atoms with van der Waals surface area (Å²) < 4.78 is 23.9. The molecule has 2 N–H and O–H groups in total. The van der Waals surface area contributed by atoms with Crippen molar-refractivity contribution in [2.45, 2.75) is 25.5 Å². The van der Waals surface area contributed by atoms with Crippen molar-refractivity contribution in [1.82, 2.24) is 5.32 Å². The van der Waals surface area contributed by atoms with Crippen LogP contribution in [0.3, 0.4) is 0 Å². The summed E-state index contributed by atoms with van der Waals surface area (Å²) in [6.07, 6.45) is 2.63. The second kappa shape index (κ2) is 6.88. The van der Waals surface area contributed by atoms with E-state index in [1.807, 2.05) is 0 Å². The summed E-state index contributed by atoms with van der Waals surface area (Å²) in [5.74, 6) is 0.323. The number of ether oxygens (including phenoxy) is 1. The fraction of sp³-hybridized carbons (Fsp3) is 0.278. The fourth-order valence-corrected chi connectivity index (χ4v) is 2.59. The van der Waals surface area contributed by atoms with Gasteiger partial charge >= 0.3 is 0 Å². The standard InChI is InChI=1S/C18H18FNO4/c1-11(7-15(21)17-3-2-6-23-17)20-18(22)13-8-12-9-14(19)4-5-16(12)24-10-13/h2-6,8-9,11,15,21H,7,10H2,1H3,(H,20,22). The molecule has 0 bridgehead atoms. The average molecular weight is 331 g/mol. The molecule has 24 heavy (non-hydrogen) atoms. The van der Waals surface area contributed by atoms with Crippen molar-refractivity contribution in [2.75, 3.05) is 6.61 Å². The second-order valence-electron chi connectivity index (χ2n) is 5.78. The van der Waals surface area contributed by atoms with E-state index >= 15 is 0 Å². The Kier molecular flexibility index (Phi) is 4.66. The summed E-state index contributed by atoms with van der Waals surface area (Å²) in [4.78, 5) is 12.3. The van der Waals surface area contributed by atoms with Crippen LogP contribution in [0.2, 0.25) is 0 Å². The molecule has 2 heterocycles. The van der Waals surface area contributed by atoms with E-state index in [4.69, 9.17) is 9.15 Å². The van der Waals surface area contributed by atoms with E-state index in [-0.39, 0.29) is 24.4 Å². The Labute approximate surface area is 138 Å². The van der Waals surface area contributed by atoms with Crippen LogP contribution in [-0.2, 0) is 4.79 Å². The van der Waals surface area contributed by atoms with Gasteiger partial charge in [-0.15, -0.1) is 0 Å². The van der Waals surface area contributed by atoms with E-state index in [1.54, 1.807) is 25.1 Å². The molecule has 1 amide bonds. The molecule has 0 spiro atoms. The number of halogens is 1. The van der Waals surface area contributed by atoms with Crippen molar-refractivity contribution in [2.24, 2.45) is 0 Å². The molecule has 126 valence electrons. The van der Waals surface area contributed by atoms with Crippen molar-refractivity contribution in [3.05, 3.63) is 59.3 Å². The van der Waals surface area contributed by atoms with Crippen molar-refractivity contribution in [3.63, 3.8) is 0 Å². The Balaban J connectivity index is 1.62. The molecule has 0 radical (unpaired) electrons. The summed E-state index contributed by atoms with van der Waals surface area (Å²) in [6.45, 7) is 1.92. The molecule has 0 saturated heterocycles. The van der Waals surface area contributed by atoms with Crippen LogP contribution in [0.4, 0.5) is 4.39 Å². The minimum atomic E-state index is -0.790. The van der Waals surface area contributed by atoms with E-state index in [2.05, 4.69) is 5.32 Å². The summed E-state index contributed by atoms with van der Waals surface area (Å²) >= 11 is 0. The lowest BCUT2D eigenvalue weighted by atomic mass is 10.1. The van der Waals surface area contributed by atoms with E-state index in [9.17, 15) is 14.3 Å². The molecule has 6 heteroatoms. The second-order valence-corrected chi connectivity index (χ2v) is 5.78.